The third-order valence-electron chi connectivity index (χ3n) is 6.22. The second kappa shape index (κ2) is 8.80. The van der Waals surface area contributed by atoms with E-state index in [1.54, 1.807) is 24.3 Å². The molecule has 0 atom stereocenters. The minimum absolute atomic E-state index is 0.0759. The quantitative estimate of drug-likeness (QED) is 0.822. The second-order valence-electron chi connectivity index (χ2n) is 8.23. The standard InChI is InChI=1S/C23H28N2O4/c26-21-18-13-7-8-14-20(18)29-15-19(21)22(27)25(17-11-5-2-6-12-17)23(28)24-16-9-3-1-4-10-16/h7-8,13-17H,1-6,9-12H2,(H,24,28). The predicted octanol–water partition coefficient (Wildman–Crippen LogP) is 4.61. The zero-order chi connectivity index (χ0) is 20.2. The molecule has 2 saturated carbocycles. The summed E-state index contributed by atoms with van der Waals surface area (Å²) >= 11 is 0. The smallest absolute Gasteiger partial charge is 0.324 e. The van der Waals surface area contributed by atoms with Crippen molar-refractivity contribution in [3.63, 3.8) is 0 Å². The van der Waals surface area contributed by atoms with Gasteiger partial charge in [-0.05, 0) is 37.8 Å². The van der Waals surface area contributed by atoms with E-state index in [2.05, 4.69) is 5.32 Å². The van der Waals surface area contributed by atoms with Crippen LogP contribution < -0.4 is 10.7 Å². The van der Waals surface area contributed by atoms with Crippen molar-refractivity contribution in [2.24, 2.45) is 0 Å². The van der Waals surface area contributed by atoms with Gasteiger partial charge in [-0.2, -0.15) is 0 Å². The van der Waals surface area contributed by atoms with Gasteiger partial charge in [-0.25, -0.2) is 4.79 Å². The Morgan fingerprint density at radius 1 is 0.931 bits per heavy atom. The number of carbonyl (C=O) groups is 2. The molecule has 1 heterocycles. The number of rotatable bonds is 3. The van der Waals surface area contributed by atoms with Crippen molar-refractivity contribution < 1.29 is 14.0 Å². The monoisotopic (exact) mass is 396 g/mol. The van der Waals surface area contributed by atoms with Crippen LogP contribution in [-0.2, 0) is 0 Å². The van der Waals surface area contributed by atoms with Crippen molar-refractivity contribution in [2.45, 2.75) is 76.3 Å². The van der Waals surface area contributed by atoms with E-state index in [0.29, 0.717) is 11.0 Å². The number of hydrogen-bond acceptors (Lipinski definition) is 4. The maximum absolute atomic E-state index is 13.4. The number of amides is 3. The summed E-state index contributed by atoms with van der Waals surface area (Å²) in [7, 11) is 0. The number of urea groups is 1. The summed E-state index contributed by atoms with van der Waals surface area (Å²) in [4.78, 5) is 40.8. The Kier molecular flexibility index (Phi) is 5.97. The molecule has 0 saturated heterocycles. The van der Waals surface area contributed by atoms with Crippen molar-refractivity contribution in [1.29, 1.82) is 0 Å². The van der Waals surface area contributed by atoms with Crippen LogP contribution in [0.4, 0.5) is 4.79 Å². The average Bonchev–Trinajstić information content (AvgIpc) is 2.76. The molecule has 0 spiro atoms. The van der Waals surface area contributed by atoms with Crippen LogP contribution in [0, 0.1) is 0 Å². The van der Waals surface area contributed by atoms with Crippen molar-refractivity contribution in [1.82, 2.24) is 10.2 Å². The van der Waals surface area contributed by atoms with Crippen LogP contribution >= 0.6 is 0 Å². The van der Waals surface area contributed by atoms with Gasteiger partial charge in [0.05, 0.1) is 5.39 Å². The number of nitrogens with one attached hydrogen (secondary N) is 1. The number of carbonyl (C=O) groups excluding carboxylic acids is 2. The van der Waals surface area contributed by atoms with Gasteiger partial charge in [-0.1, -0.05) is 50.7 Å². The summed E-state index contributed by atoms with van der Waals surface area (Å²) in [6, 6.07) is 6.40. The van der Waals surface area contributed by atoms with Crippen molar-refractivity contribution in [3.05, 3.63) is 46.3 Å². The molecule has 29 heavy (non-hydrogen) atoms. The lowest BCUT2D eigenvalue weighted by Crippen LogP contribution is -2.53. The van der Waals surface area contributed by atoms with Gasteiger partial charge in [-0.15, -0.1) is 0 Å². The number of imide groups is 1. The topological polar surface area (TPSA) is 79.6 Å². The zero-order valence-corrected chi connectivity index (χ0v) is 16.7. The highest BCUT2D eigenvalue weighted by Crippen LogP contribution is 2.25. The normalized spacial score (nSPS) is 18.5. The molecule has 1 aromatic carbocycles. The molecule has 0 radical (unpaired) electrons. The molecule has 2 aliphatic carbocycles. The molecule has 0 bridgehead atoms. The fourth-order valence-electron chi connectivity index (χ4n) is 4.61. The Labute approximate surface area is 170 Å². The molecule has 2 aliphatic rings. The van der Waals surface area contributed by atoms with Crippen LogP contribution in [0.2, 0.25) is 0 Å². The van der Waals surface area contributed by atoms with Crippen molar-refractivity contribution in [3.8, 4) is 0 Å². The van der Waals surface area contributed by atoms with E-state index in [-0.39, 0.29) is 29.1 Å². The summed E-state index contributed by atoms with van der Waals surface area (Å²) in [5.41, 5.74) is -0.0267. The molecule has 4 rings (SSSR count). The van der Waals surface area contributed by atoms with Crippen LogP contribution in [0.1, 0.15) is 74.6 Å². The Morgan fingerprint density at radius 3 is 2.31 bits per heavy atom. The molecule has 1 aromatic heterocycles. The SMILES string of the molecule is O=C(NC1CCCCC1)N(C(=O)c1coc2ccccc2c1=O)C1CCCCC1. The first kappa shape index (κ1) is 19.7. The fraction of sp³-hybridized carbons (Fsp3) is 0.522. The van der Waals surface area contributed by atoms with Gasteiger partial charge in [0.1, 0.15) is 17.4 Å². The average molecular weight is 396 g/mol. The zero-order valence-electron chi connectivity index (χ0n) is 16.7. The Balaban J connectivity index is 1.64. The molecule has 154 valence electrons. The van der Waals surface area contributed by atoms with E-state index >= 15 is 0 Å². The third-order valence-corrected chi connectivity index (χ3v) is 6.22. The van der Waals surface area contributed by atoms with Gasteiger partial charge in [0, 0.05) is 12.1 Å². The van der Waals surface area contributed by atoms with Crippen LogP contribution in [0.5, 0.6) is 0 Å². The first-order valence-electron chi connectivity index (χ1n) is 10.8. The van der Waals surface area contributed by atoms with E-state index < -0.39 is 5.91 Å². The summed E-state index contributed by atoms with van der Waals surface area (Å²) in [6.45, 7) is 0. The largest absolute Gasteiger partial charge is 0.463 e. The number of hydrogen-bond donors (Lipinski definition) is 1. The van der Waals surface area contributed by atoms with Gasteiger partial charge in [0.25, 0.3) is 5.91 Å². The van der Waals surface area contributed by atoms with Crippen molar-refractivity contribution >= 4 is 22.9 Å². The summed E-state index contributed by atoms with van der Waals surface area (Å²) < 4.78 is 5.53. The summed E-state index contributed by atoms with van der Waals surface area (Å²) in [5, 5.41) is 3.41. The molecular weight excluding hydrogens is 368 g/mol. The minimum Gasteiger partial charge on any atom is -0.463 e. The fourth-order valence-corrected chi connectivity index (χ4v) is 4.61. The lowest BCUT2D eigenvalue weighted by Gasteiger charge is -2.34. The Bertz CT molecular complexity index is 939. The van der Waals surface area contributed by atoms with Gasteiger partial charge in [0.15, 0.2) is 0 Å². The molecular formula is C23H28N2O4. The number of nitrogens with zero attached hydrogens (tertiary/aromatic N) is 1. The Morgan fingerprint density at radius 2 is 1.59 bits per heavy atom. The van der Waals surface area contributed by atoms with Crippen LogP contribution in [0.15, 0.2) is 39.7 Å². The Hall–Kier alpha value is -2.63. The lowest BCUT2D eigenvalue weighted by molar-refractivity contribution is 0.0698. The molecule has 0 unspecified atom stereocenters. The highest BCUT2D eigenvalue weighted by molar-refractivity contribution is 6.05. The van der Waals surface area contributed by atoms with Gasteiger partial charge in [-0.3, -0.25) is 14.5 Å². The molecule has 3 amide bonds. The third kappa shape index (κ3) is 4.21. The lowest BCUT2D eigenvalue weighted by atomic mass is 9.93. The second-order valence-corrected chi connectivity index (χ2v) is 8.23. The molecule has 1 N–H and O–H groups in total. The van der Waals surface area contributed by atoms with E-state index in [0.717, 1.165) is 57.8 Å². The van der Waals surface area contributed by atoms with E-state index in [4.69, 9.17) is 4.42 Å². The highest BCUT2D eigenvalue weighted by Gasteiger charge is 2.34. The molecule has 2 aromatic rings. The van der Waals surface area contributed by atoms with Crippen LogP contribution in [-0.4, -0.2) is 28.9 Å². The van der Waals surface area contributed by atoms with Gasteiger partial charge >= 0.3 is 6.03 Å². The maximum Gasteiger partial charge on any atom is 0.324 e. The summed E-state index contributed by atoms with van der Waals surface area (Å²) in [6.07, 6.45) is 11.1. The number of para-hydroxylation sites is 1. The van der Waals surface area contributed by atoms with Crippen LogP contribution in [0.25, 0.3) is 11.0 Å². The maximum atomic E-state index is 13.4. The van der Waals surface area contributed by atoms with E-state index in [9.17, 15) is 14.4 Å². The predicted molar refractivity (Wildman–Crippen MR) is 111 cm³/mol. The molecule has 0 aliphatic heterocycles. The molecule has 2 fully saturated rings. The minimum atomic E-state index is -0.551. The first-order chi connectivity index (χ1) is 14.1. The van der Waals surface area contributed by atoms with Crippen molar-refractivity contribution in [2.75, 3.05) is 0 Å². The van der Waals surface area contributed by atoms with Gasteiger partial charge in [0.2, 0.25) is 5.43 Å². The van der Waals surface area contributed by atoms with E-state index in [1.165, 1.54) is 17.6 Å². The first-order valence-corrected chi connectivity index (χ1v) is 10.8. The van der Waals surface area contributed by atoms with Gasteiger partial charge < -0.3 is 9.73 Å². The van der Waals surface area contributed by atoms with Crippen LogP contribution in [0.3, 0.4) is 0 Å². The van der Waals surface area contributed by atoms with E-state index in [1.807, 2.05) is 0 Å². The molecule has 6 nitrogen and oxygen atoms in total. The summed E-state index contributed by atoms with van der Waals surface area (Å²) in [5.74, 6) is -0.551. The number of benzene rings is 1. The highest BCUT2D eigenvalue weighted by atomic mass is 16.3. The molecule has 6 heteroatoms. The number of fused-ring (bicyclic) bond motifs is 1.